The van der Waals surface area contributed by atoms with Crippen LogP contribution in [-0.4, -0.2) is 0 Å². The lowest BCUT2D eigenvalue weighted by molar-refractivity contribution is 0.768. The number of fused-ring (bicyclic) bond motifs is 4. The molecule has 0 heterocycles. The standard InChI is InChI=1S/C66H48N2/c1-46-19-16-34-61-64(46)60-41-40-58(45-62(60)66(61,53-25-8-3-9-26-53)54-27-10-4-11-28-54)68(63-42-39-49-20-14-15-33-59(49)65(63)50-21-6-2-7-22-50)57-32-18-24-52(44-57)48-37-35-47(36-38-48)51-23-17-31-56(43-51)67-55-29-12-5-13-30-55/h2-45,67H,1H3. The number of rotatable bonds is 10. The smallest absolute Gasteiger partial charge is 0.0714 e. The molecular weight excluding hydrogens is 821 g/mol. The monoisotopic (exact) mass is 868 g/mol. The van der Waals surface area contributed by atoms with Crippen molar-refractivity contribution in [2.75, 3.05) is 10.2 Å². The maximum absolute atomic E-state index is 3.56. The lowest BCUT2D eigenvalue weighted by Gasteiger charge is -2.35. The highest BCUT2D eigenvalue weighted by molar-refractivity contribution is 6.06. The van der Waals surface area contributed by atoms with E-state index in [4.69, 9.17) is 0 Å². The SMILES string of the molecule is Cc1cccc2c1-c1ccc(N(c3cccc(-c4ccc(-c5cccc(Nc6ccccc6)c5)cc4)c3)c3ccc4ccccc4c3-c3ccccc3)cc1C2(c1ccccc1)c1ccccc1. The molecule has 0 aliphatic heterocycles. The van der Waals surface area contributed by atoms with Gasteiger partial charge >= 0.3 is 0 Å². The van der Waals surface area contributed by atoms with Crippen LogP contribution < -0.4 is 10.2 Å². The maximum Gasteiger partial charge on any atom is 0.0714 e. The second kappa shape index (κ2) is 17.3. The van der Waals surface area contributed by atoms with E-state index >= 15 is 0 Å². The van der Waals surface area contributed by atoms with Gasteiger partial charge in [0.1, 0.15) is 0 Å². The number of hydrogen-bond acceptors (Lipinski definition) is 2. The molecule has 11 aromatic rings. The van der Waals surface area contributed by atoms with Gasteiger partial charge < -0.3 is 10.2 Å². The molecule has 12 rings (SSSR count). The van der Waals surface area contributed by atoms with Crippen LogP contribution in [-0.2, 0) is 5.41 Å². The van der Waals surface area contributed by atoms with Gasteiger partial charge in [0.25, 0.3) is 0 Å². The molecule has 0 atom stereocenters. The summed E-state index contributed by atoms with van der Waals surface area (Å²) in [5.41, 5.74) is 20.8. The topological polar surface area (TPSA) is 15.3 Å². The second-order valence-corrected chi connectivity index (χ2v) is 17.8. The number of hydrogen-bond donors (Lipinski definition) is 1. The van der Waals surface area contributed by atoms with E-state index in [0.717, 1.165) is 45.1 Å². The van der Waals surface area contributed by atoms with Crippen molar-refractivity contribution in [2.24, 2.45) is 0 Å². The van der Waals surface area contributed by atoms with E-state index in [1.807, 2.05) is 6.07 Å². The summed E-state index contributed by atoms with van der Waals surface area (Å²) in [7, 11) is 0. The number of benzene rings is 11. The summed E-state index contributed by atoms with van der Waals surface area (Å²) in [6.07, 6.45) is 0. The summed E-state index contributed by atoms with van der Waals surface area (Å²) in [6.45, 7) is 2.26. The third-order valence-corrected chi connectivity index (χ3v) is 13.8. The molecule has 2 heteroatoms. The Kier molecular flexibility index (Phi) is 10.3. The minimum absolute atomic E-state index is 0.548. The summed E-state index contributed by atoms with van der Waals surface area (Å²) in [5, 5.41) is 5.97. The van der Waals surface area contributed by atoms with Crippen LogP contribution in [0.15, 0.2) is 267 Å². The molecule has 0 fully saturated rings. The fourth-order valence-corrected chi connectivity index (χ4v) is 10.8. The molecule has 0 aromatic heterocycles. The Labute approximate surface area is 399 Å². The zero-order valence-corrected chi connectivity index (χ0v) is 37.9. The molecule has 0 bridgehead atoms. The summed E-state index contributed by atoms with van der Waals surface area (Å²) in [4.78, 5) is 2.49. The molecule has 0 unspecified atom stereocenters. The van der Waals surface area contributed by atoms with Crippen molar-refractivity contribution in [3.63, 3.8) is 0 Å². The molecule has 322 valence electrons. The molecular formula is C66H48N2. The zero-order chi connectivity index (χ0) is 45.4. The highest BCUT2D eigenvalue weighted by Gasteiger charge is 2.47. The lowest BCUT2D eigenvalue weighted by Crippen LogP contribution is -2.28. The molecule has 1 aliphatic carbocycles. The van der Waals surface area contributed by atoms with Crippen LogP contribution in [0, 0.1) is 6.92 Å². The summed E-state index contributed by atoms with van der Waals surface area (Å²) in [6, 6.07) is 97.5. The third-order valence-electron chi connectivity index (χ3n) is 13.8. The van der Waals surface area contributed by atoms with Gasteiger partial charge in [0.15, 0.2) is 0 Å². The maximum atomic E-state index is 3.56. The van der Waals surface area contributed by atoms with Gasteiger partial charge in [-0.15, -0.1) is 0 Å². The van der Waals surface area contributed by atoms with E-state index in [1.54, 1.807) is 0 Å². The van der Waals surface area contributed by atoms with E-state index in [1.165, 1.54) is 66.4 Å². The van der Waals surface area contributed by atoms with Gasteiger partial charge in [0, 0.05) is 28.3 Å². The van der Waals surface area contributed by atoms with E-state index in [0.29, 0.717) is 0 Å². The Hall–Kier alpha value is -8.72. The first-order valence-electron chi connectivity index (χ1n) is 23.5. The third kappa shape index (κ3) is 7.06. The van der Waals surface area contributed by atoms with Crippen LogP contribution >= 0.6 is 0 Å². The van der Waals surface area contributed by atoms with E-state index in [9.17, 15) is 0 Å². The first kappa shape index (κ1) is 40.8. The number of nitrogens with zero attached hydrogens (tertiary/aromatic N) is 1. The lowest BCUT2D eigenvalue weighted by atomic mass is 9.67. The highest BCUT2D eigenvalue weighted by Crippen LogP contribution is 2.58. The Morgan fingerprint density at radius 1 is 0.353 bits per heavy atom. The van der Waals surface area contributed by atoms with E-state index in [2.05, 4.69) is 278 Å². The van der Waals surface area contributed by atoms with Crippen LogP contribution in [0.3, 0.4) is 0 Å². The highest BCUT2D eigenvalue weighted by atomic mass is 15.1. The van der Waals surface area contributed by atoms with Crippen LogP contribution in [0.4, 0.5) is 28.4 Å². The second-order valence-electron chi connectivity index (χ2n) is 17.8. The van der Waals surface area contributed by atoms with Gasteiger partial charge in [-0.2, -0.15) is 0 Å². The van der Waals surface area contributed by atoms with Crippen molar-refractivity contribution < 1.29 is 0 Å². The number of aryl methyl sites for hydroxylation is 1. The van der Waals surface area contributed by atoms with Crippen molar-refractivity contribution in [1.82, 2.24) is 0 Å². The van der Waals surface area contributed by atoms with Crippen LogP contribution in [0.25, 0.3) is 55.3 Å². The van der Waals surface area contributed by atoms with Gasteiger partial charge in [-0.3, -0.25) is 0 Å². The molecule has 2 nitrogen and oxygen atoms in total. The fraction of sp³-hybridized carbons (Fsp3) is 0.0303. The normalized spacial score (nSPS) is 12.3. The summed E-state index contributed by atoms with van der Waals surface area (Å²) < 4.78 is 0. The fourth-order valence-electron chi connectivity index (χ4n) is 10.8. The van der Waals surface area contributed by atoms with Crippen LogP contribution in [0.1, 0.15) is 27.8 Å². The predicted molar refractivity (Wildman–Crippen MR) is 287 cm³/mol. The average molecular weight is 869 g/mol. The van der Waals surface area contributed by atoms with Crippen molar-refractivity contribution in [2.45, 2.75) is 12.3 Å². The quantitative estimate of drug-likeness (QED) is 0.147. The summed E-state index contributed by atoms with van der Waals surface area (Å²) in [5.74, 6) is 0. The van der Waals surface area contributed by atoms with Crippen molar-refractivity contribution in [3.8, 4) is 44.5 Å². The number of nitrogens with one attached hydrogen (secondary N) is 1. The first-order chi connectivity index (χ1) is 33.6. The molecule has 68 heavy (non-hydrogen) atoms. The van der Waals surface area contributed by atoms with Gasteiger partial charge in [0.2, 0.25) is 0 Å². The van der Waals surface area contributed by atoms with Gasteiger partial charge in [0.05, 0.1) is 11.1 Å². The van der Waals surface area contributed by atoms with Crippen molar-refractivity contribution >= 4 is 39.2 Å². The molecule has 0 radical (unpaired) electrons. The number of anilines is 5. The van der Waals surface area contributed by atoms with Crippen molar-refractivity contribution in [3.05, 3.63) is 295 Å². The Bertz CT molecular complexity index is 3540. The Morgan fingerprint density at radius 3 is 1.62 bits per heavy atom. The largest absolute Gasteiger partial charge is 0.356 e. The minimum Gasteiger partial charge on any atom is -0.356 e. The van der Waals surface area contributed by atoms with Crippen LogP contribution in [0.2, 0.25) is 0 Å². The predicted octanol–water partition coefficient (Wildman–Crippen LogP) is 17.7. The van der Waals surface area contributed by atoms with E-state index < -0.39 is 5.41 Å². The molecule has 0 saturated heterocycles. The number of para-hydroxylation sites is 1. The molecule has 0 saturated carbocycles. The minimum atomic E-state index is -0.548. The molecule has 0 amide bonds. The molecule has 0 spiro atoms. The Balaban J connectivity index is 1.05. The average Bonchev–Trinajstić information content (AvgIpc) is 3.71. The van der Waals surface area contributed by atoms with Gasteiger partial charge in [-0.05, 0) is 139 Å². The molecule has 1 aliphatic rings. The first-order valence-corrected chi connectivity index (χ1v) is 23.5. The van der Waals surface area contributed by atoms with Gasteiger partial charge in [-0.25, -0.2) is 0 Å². The summed E-state index contributed by atoms with van der Waals surface area (Å²) >= 11 is 0. The molecule has 1 N–H and O–H groups in total. The Morgan fingerprint density at radius 2 is 0.912 bits per heavy atom. The zero-order valence-electron chi connectivity index (χ0n) is 37.9. The van der Waals surface area contributed by atoms with Crippen molar-refractivity contribution in [1.29, 1.82) is 0 Å². The van der Waals surface area contributed by atoms with E-state index in [-0.39, 0.29) is 0 Å². The molecule has 11 aromatic carbocycles. The van der Waals surface area contributed by atoms with Crippen LogP contribution in [0.5, 0.6) is 0 Å². The van der Waals surface area contributed by atoms with Gasteiger partial charge in [-0.1, -0.05) is 212 Å².